The van der Waals surface area contributed by atoms with Crippen molar-refractivity contribution < 1.29 is 18.7 Å². The van der Waals surface area contributed by atoms with Crippen molar-refractivity contribution in [2.75, 3.05) is 26.1 Å². The highest BCUT2D eigenvalue weighted by atomic mass is 35.5. The van der Waals surface area contributed by atoms with E-state index in [1.165, 1.54) is 13.3 Å². The number of carbonyl (C=O) groups excluding carboxylic acids is 1. The molecule has 1 aromatic heterocycles. The highest BCUT2D eigenvalue weighted by Crippen LogP contribution is 2.54. The van der Waals surface area contributed by atoms with E-state index in [9.17, 15) is 9.18 Å². The molecule has 0 atom stereocenters. The average molecular weight is 519 g/mol. The molecule has 1 aromatic carbocycles. The van der Waals surface area contributed by atoms with Gasteiger partial charge in [0, 0.05) is 29.3 Å². The zero-order valence-electron chi connectivity index (χ0n) is 19.8. The molecule has 5 rings (SSSR count). The fourth-order valence-corrected chi connectivity index (χ4v) is 5.53. The lowest BCUT2D eigenvalue weighted by Crippen LogP contribution is -2.46. The molecular weight excluding hydrogens is 491 g/mol. The molecule has 1 amide bonds. The second kappa shape index (κ2) is 10.5. The number of carbonyl (C=O) groups is 1. The number of nitrogens with one attached hydrogen (secondary N) is 1. The summed E-state index contributed by atoms with van der Waals surface area (Å²) in [5.74, 6) is 0.105. The highest BCUT2D eigenvalue weighted by Gasteiger charge is 2.49. The second-order valence-corrected chi connectivity index (χ2v) is 10.4. The van der Waals surface area contributed by atoms with Gasteiger partial charge in [-0.25, -0.2) is 4.39 Å². The lowest BCUT2D eigenvalue weighted by atomic mass is 9.60. The standard InChI is InChI=1S/C25H28ClFN4O3S/c1-4-17(18-13-16(26)5-6-20(18)33-3)19(14-28-2)21(32)29-22-30-31-23(35-22)34-15-24-7-10-25(27,11-8-24)12-9-24/h4-6,13-14H,1,7-12,15H2,2-3H3,(H,29,30,32)/b19-17-,28-14-. The Bertz CT molecular complexity index is 1150. The zero-order valence-corrected chi connectivity index (χ0v) is 21.3. The van der Waals surface area contributed by atoms with Gasteiger partial charge in [-0.3, -0.25) is 15.1 Å². The molecule has 35 heavy (non-hydrogen) atoms. The number of halogens is 2. The van der Waals surface area contributed by atoms with Crippen LogP contribution in [-0.4, -0.2) is 48.8 Å². The number of allylic oxidation sites excluding steroid dienone is 2. The van der Waals surface area contributed by atoms with Crippen molar-refractivity contribution in [2.45, 2.75) is 44.2 Å². The molecule has 0 spiro atoms. The largest absolute Gasteiger partial charge is 0.496 e. The van der Waals surface area contributed by atoms with E-state index in [1.54, 1.807) is 31.3 Å². The number of alkyl halides is 1. The first-order valence-electron chi connectivity index (χ1n) is 11.4. The number of methoxy groups -OCH3 is 1. The lowest BCUT2D eigenvalue weighted by molar-refractivity contribution is -0.112. The third-order valence-electron chi connectivity index (χ3n) is 6.89. The summed E-state index contributed by atoms with van der Waals surface area (Å²) in [7, 11) is 3.11. The number of hydrogen-bond donors (Lipinski definition) is 1. The zero-order chi connectivity index (χ0) is 25.1. The number of aliphatic imine (C=N–C) groups is 1. The van der Waals surface area contributed by atoms with Crippen molar-refractivity contribution in [1.82, 2.24) is 10.2 Å². The Morgan fingerprint density at radius 1 is 1.29 bits per heavy atom. The maximum absolute atomic E-state index is 14.4. The van der Waals surface area contributed by atoms with Crippen LogP contribution >= 0.6 is 22.9 Å². The van der Waals surface area contributed by atoms with Crippen LogP contribution in [0.15, 0.2) is 41.4 Å². The van der Waals surface area contributed by atoms with E-state index in [0.29, 0.717) is 58.1 Å². The van der Waals surface area contributed by atoms with E-state index >= 15 is 0 Å². The number of ether oxygens (including phenoxy) is 2. The van der Waals surface area contributed by atoms with Gasteiger partial charge in [-0.1, -0.05) is 29.4 Å². The minimum atomic E-state index is -0.978. The Balaban J connectivity index is 1.49. The summed E-state index contributed by atoms with van der Waals surface area (Å²) in [6, 6.07) is 5.13. The van der Waals surface area contributed by atoms with E-state index in [2.05, 4.69) is 27.1 Å². The molecule has 1 N–H and O–H groups in total. The number of amides is 1. The molecule has 0 aliphatic heterocycles. The van der Waals surface area contributed by atoms with Crippen molar-refractivity contribution in [3.05, 3.63) is 47.0 Å². The van der Waals surface area contributed by atoms with Gasteiger partial charge in [0.2, 0.25) is 5.13 Å². The first-order chi connectivity index (χ1) is 16.8. The molecule has 0 saturated heterocycles. The molecule has 3 saturated carbocycles. The van der Waals surface area contributed by atoms with Crippen LogP contribution < -0.4 is 14.8 Å². The van der Waals surface area contributed by atoms with Crippen molar-refractivity contribution in [1.29, 1.82) is 0 Å². The summed E-state index contributed by atoms with van der Waals surface area (Å²) >= 11 is 7.33. The van der Waals surface area contributed by atoms with Crippen LogP contribution in [0.3, 0.4) is 0 Å². The predicted octanol–water partition coefficient (Wildman–Crippen LogP) is 5.92. The maximum Gasteiger partial charge on any atom is 0.295 e. The Hall–Kier alpha value is -2.78. The van der Waals surface area contributed by atoms with Gasteiger partial charge in [-0.15, -0.1) is 5.10 Å². The van der Waals surface area contributed by atoms with Gasteiger partial charge in [0.1, 0.15) is 11.4 Å². The lowest BCUT2D eigenvalue weighted by Gasteiger charge is -2.49. The first kappa shape index (κ1) is 25.3. The van der Waals surface area contributed by atoms with Crippen LogP contribution in [0.1, 0.15) is 44.1 Å². The molecule has 3 fully saturated rings. The fraction of sp³-hybridized carbons (Fsp3) is 0.440. The summed E-state index contributed by atoms with van der Waals surface area (Å²) in [4.78, 5) is 17.2. The summed E-state index contributed by atoms with van der Waals surface area (Å²) in [5, 5.41) is 12.0. The Labute approximate surface area is 213 Å². The number of rotatable bonds is 9. The molecule has 10 heteroatoms. The Morgan fingerprint density at radius 3 is 2.63 bits per heavy atom. The average Bonchev–Trinajstić information content (AvgIpc) is 3.31. The van der Waals surface area contributed by atoms with Crippen LogP contribution in [0.5, 0.6) is 10.9 Å². The Morgan fingerprint density at radius 2 is 2.00 bits per heavy atom. The molecule has 0 unspecified atom stereocenters. The topological polar surface area (TPSA) is 85.7 Å². The van der Waals surface area contributed by atoms with Gasteiger partial charge < -0.3 is 9.47 Å². The normalized spacial score (nSPS) is 24.2. The van der Waals surface area contributed by atoms with Crippen molar-refractivity contribution in [3.63, 3.8) is 0 Å². The third kappa shape index (κ3) is 5.56. The smallest absolute Gasteiger partial charge is 0.295 e. The molecule has 7 nitrogen and oxygen atoms in total. The minimum Gasteiger partial charge on any atom is -0.496 e. The van der Waals surface area contributed by atoms with Gasteiger partial charge in [-0.05, 0) is 73.6 Å². The SMILES string of the molecule is C=C/C(=C(\C=N/C)C(=O)Nc1nnc(OCC23CCC(F)(CC2)CC3)s1)c1cc(Cl)ccc1OC. The second-order valence-electron chi connectivity index (χ2n) is 9.03. The van der Waals surface area contributed by atoms with Crippen LogP contribution in [-0.2, 0) is 4.79 Å². The molecule has 0 radical (unpaired) electrons. The fourth-order valence-electron chi connectivity index (χ4n) is 4.77. The number of hydrogen-bond acceptors (Lipinski definition) is 7. The predicted molar refractivity (Wildman–Crippen MR) is 138 cm³/mol. The maximum atomic E-state index is 14.4. The number of aromatic nitrogens is 2. The van der Waals surface area contributed by atoms with Crippen molar-refractivity contribution >= 4 is 45.8 Å². The molecule has 3 aliphatic carbocycles. The molecule has 1 heterocycles. The van der Waals surface area contributed by atoms with Crippen molar-refractivity contribution in [2.24, 2.45) is 10.4 Å². The number of benzene rings is 1. The quantitative estimate of drug-likeness (QED) is 0.253. The van der Waals surface area contributed by atoms with Gasteiger partial charge in [0.25, 0.3) is 11.1 Å². The van der Waals surface area contributed by atoms with Crippen LogP contribution in [0.25, 0.3) is 5.57 Å². The van der Waals surface area contributed by atoms with E-state index in [-0.39, 0.29) is 11.0 Å². The van der Waals surface area contributed by atoms with Crippen LogP contribution in [0.2, 0.25) is 5.02 Å². The molecule has 186 valence electrons. The summed E-state index contributed by atoms with van der Waals surface area (Å²) in [5.41, 5.74) is 0.405. The van der Waals surface area contributed by atoms with E-state index in [0.717, 1.165) is 30.6 Å². The van der Waals surface area contributed by atoms with Crippen molar-refractivity contribution in [3.8, 4) is 10.9 Å². The molecular formula is C25H28ClFN4O3S. The summed E-state index contributed by atoms with van der Waals surface area (Å²) in [6.07, 6.45) is 7.29. The molecule has 3 aliphatic rings. The van der Waals surface area contributed by atoms with Gasteiger partial charge >= 0.3 is 0 Å². The van der Waals surface area contributed by atoms with Crippen LogP contribution in [0, 0.1) is 5.41 Å². The summed E-state index contributed by atoms with van der Waals surface area (Å²) in [6.45, 7) is 4.34. The monoisotopic (exact) mass is 518 g/mol. The molecule has 2 aromatic rings. The van der Waals surface area contributed by atoms with Gasteiger partial charge in [0.05, 0.1) is 19.3 Å². The summed E-state index contributed by atoms with van der Waals surface area (Å²) < 4.78 is 25.8. The molecule has 2 bridgehead atoms. The van der Waals surface area contributed by atoms with E-state index in [4.69, 9.17) is 21.1 Å². The van der Waals surface area contributed by atoms with Gasteiger partial charge in [0.15, 0.2) is 0 Å². The third-order valence-corrected chi connectivity index (χ3v) is 7.87. The minimum absolute atomic E-state index is 0.00525. The first-order valence-corrected chi connectivity index (χ1v) is 12.6. The number of anilines is 1. The van der Waals surface area contributed by atoms with Crippen LogP contribution in [0.4, 0.5) is 9.52 Å². The number of fused-ring (bicyclic) bond motifs is 3. The number of nitrogens with zero attached hydrogens (tertiary/aromatic N) is 3. The Kier molecular flexibility index (Phi) is 7.56. The highest BCUT2D eigenvalue weighted by molar-refractivity contribution is 7.17. The van der Waals surface area contributed by atoms with E-state index < -0.39 is 11.6 Å². The van der Waals surface area contributed by atoms with Gasteiger partial charge in [-0.2, -0.15) is 0 Å². The van der Waals surface area contributed by atoms with E-state index in [1.807, 2.05) is 0 Å².